The number of hydrogen-bond acceptors (Lipinski definition) is 4. The standard InChI is InChI=1S/C23H26ClN5.3ClH/c1-28-21(26-27-22(28)23(11-12-23)16-5-3-2-4-6-16)19-8-7-18(15-20(19)24)29-13-9-17(25)10-14-29;;;/h2-8,15,17H,9-14,25H2,1H3;3*1H. The minimum absolute atomic E-state index is 0. The van der Waals surface area contributed by atoms with E-state index in [1.54, 1.807) is 0 Å². The van der Waals surface area contributed by atoms with Gasteiger partial charge in [0.15, 0.2) is 5.82 Å². The third-order valence-corrected chi connectivity index (χ3v) is 6.79. The third-order valence-electron chi connectivity index (χ3n) is 6.48. The highest BCUT2D eigenvalue weighted by atomic mass is 35.5. The van der Waals surface area contributed by atoms with E-state index in [9.17, 15) is 0 Å². The highest BCUT2D eigenvalue weighted by Crippen LogP contribution is 2.53. The largest absolute Gasteiger partial charge is 0.371 e. The molecule has 0 spiro atoms. The molecule has 2 aliphatic rings. The molecule has 1 aliphatic carbocycles. The number of benzene rings is 2. The van der Waals surface area contributed by atoms with Crippen LogP contribution in [0.15, 0.2) is 48.5 Å². The lowest BCUT2D eigenvalue weighted by Crippen LogP contribution is -2.39. The van der Waals surface area contributed by atoms with Crippen LogP contribution >= 0.6 is 48.8 Å². The summed E-state index contributed by atoms with van der Waals surface area (Å²) in [6.45, 7) is 1.95. The average Bonchev–Trinajstić information content (AvgIpc) is 3.46. The van der Waals surface area contributed by atoms with Gasteiger partial charge in [0, 0.05) is 37.4 Å². The highest BCUT2D eigenvalue weighted by Gasteiger charge is 2.49. The summed E-state index contributed by atoms with van der Waals surface area (Å²) in [7, 11) is 2.05. The van der Waals surface area contributed by atoms with Crippen molar-refractivity contribution in [3.63, 3.8) is 0 Å². The van der Waals surface area contributed by atoms with Crippen molar-refractivity contribution in [2.24, 2.45) is 12.8 Å². The Bertz CT molecular complexity index is 1030. The number of rotatable bonds is 4. The second kappa shape index (κ2) is 10.6. The fourth-order valence-electron chi connectivity index (χ4n) is 4.54. The lowest BCUT2D eigenvalue weighted by Gasteiger charge is -2.32. The Labute approximate surface area is 213 Å². The fraction of sp³-hybridized carbons (Fsp3) is 0.391. The van der Waals surface area contributed by atoms with Crippen molar-refractivity contribution >= 4 is 54.5 Å². The Balaban J connectivity index is 0.00000121. The van der Waals surface area contributed by atoms with Crippen LogP contribution in [0.1, 0.15) is 37.1 Å². The van der Waals surface area contributed by atoms with Gasteiger partial charge in [0.2, 0.25) is 0 Å². The van der Waals surface area contributed by atoms with Crippen LogP contribution in [0.3, 0.4) is 0 Å². The third kappa shape index (κ3) is 4.73. The second-order valence-electron chi connectivity index (χ2n) is 8.34. The van der Waals surface area contributed by atoms with Crippen LogP contribution in [0.2, 0.25) is 5.02 Å². The summed E-state index contributed by atoms with van der Waals surface area (Å²) in [4.78, 5) is 2.36. The van der Waals surface area contributed by atoms with E-state index in [0.29, 0.717) is 11.1 Å². The number of nitrogens with zero attached hydrogens (tertiary/aromatic N) is 4. The van der Waals surface area contributed by atoms with Gasteiger partial charge in [-0.1, -0.05) is 41.9 Å². The molecule has 2 heterocycles. The summed E-state index contributed by atoms with van der Waals surface area (Å²) in [5.74, 6) is 1.84. The predicted molar refractivity (Wildman–Crippen MR) is 139 cm³/mol. The molecule has 32 heavy (non-hydrogen) atoms. The monoisotopic (exact) mass is 515 g/mol. The van der Waals surface area contributed by atoms with Gasteiger partial charge in [-0.2, -0.15) is 0 Å². The summed E-state index contributed by atoms with van der Waals surface area (Å²) in [6, 6.07) is 17.2. The predicted octanol–water partition coefficient (Wildman–Crippen LogP) is 5.41. The molecule has 0 bridgehead atoms. The van der Waals surface area contributed by atoms with Crippen molar-refractivity contribution in [2.75, 3.05) is 18.0 Å². The number of aromatic nitrogens is 3. The molecule has 0 atom stereocenters. The van der Waals surface area contributed by atoms with Gasteiger partial charge in [0.25, 0.3) is 0 Å². The molecular weight excluding hydrogens is 488 g/mol. The lowest BCUT2D eigenvalue weighted by atomic mass is 9.95. The first-order valence-electron chi connectivity index (χ1n) is 10.3. The Morgan fingerprint density at radius 3 is 2.22 bits per heavy atom. The normalized spacial score (nSPS) is 17.0. The molecule has 5 nitrogen and oxygen atoms in total. The zero-order valence-electron chi connectivity index (χ0n) is 17.9. The molecule has 2 fully saturated rings. The topological polar surface area (TPSA) is 60.0 Å². The van der Waals surface area contributed by atoms with Crippen LogP contribution in [0.25, 0.3) is 11.4 Å². The van der Waals surface area contributed by atoms with Crippen LogP contribution in [0.5, 0.6) is 0 Å². The summed E-state index contributed by atoms with van der Waals surface area (Å²) in [6.07, 6.45) is 4.25. The van der Waals surface area contributed by atoms with Gasteiger partial charge in [0.05, 0.1) is 10.4 Å². The molecule has 0 amide bonds. The molecule has 9 heteroatoms. The quantitative estimate of drug-likeness (QED) is 0.503. The summed E-state index contributed by atoms with van der Waals surface area (Å²) >= 11 is 6.71. The Kier molecular flexibility index (Phi) is 8.88. The van der Waals surface area contributed by atoms with Gasteiger partial charge in [-0.25, -0.2) is 0 Å². The number of nitrogens with two attached hydrogens (primary N) is 1. The number of hydrogen-bond donors (Lipinski definition) is 1. The van der Waals surface area contributed by atoms with Crippen LogP contribution in [0, 0.1) is 0 Å². The molecule has 1 aliphatic heterocycles. The molecule has 1 aromatic heterocycles. The minimum atomic E-state index is -0.0136. The van der Waals surface area contributed by atoms with Crippen LogP contribution in [-0.4, -0.2) is 33.9 Å². The Hall–Kier alpha value is -1.50. The molecular formula is C23H29Cl4N5. The van der Waals surface area contributed by atoms with E-state index >= 15 is 0 Å². The van der Waals surface area contributed by atoms with Crippen LogP contribution < -0.4 is 10.6 Å². The van der Waals surface area contributed by atoms with Crippen LogP contribution in [0.4, 0.5) is 5.69 Å². The van der Waals surface area contributed by atoms with Crippen molar-refractivity contribution in [1.82, 2.24) is 14.8 Å². The molecule has 2 aromatic carbocycles. The zero-order chi connectivity index (χ0) is 20.0. The molecule has 0 radical (unpaired) electrons. The molecule has 1 saturated heterocycles. The zero-order valence-corrected chi connectivity index (χ0v) is 21.1. The van der Waals surface area contributed by atoms with E-state index in [2.05, 4.69) is 62.1 Å². The van der Waals surface area contributed by atoms with Gasteiger partial charge in [-0.05, 0) is 49.4 Å². The summed E-state index contributed by atoms with van der Waals surface area (Å²) in [5.41, 5.74) is 9.41. The highest BCUT2D eigenvalue weighted by molar-refractivity contribution is 6.33. The lowest BCUT2D eigenvalue weighted by molar-refractivity contribution is 0.501. The van der Waals surface area contributed by atoms with Gasteiger partial charge < -0.3 is 15.2 Å². The van der Waals surface area contributed by atoms with E-state index in [1.165, 1.54) is 5.56 Å². The van der Waals surface area contributed by atoms with Gasteiger partial charge in [-0.3, -0.25) is 0 Å². The molecule has 2 N–H and O–H groups in total. The van der Waals surface area contributed by atoms with Crippen molar-refractivity contribution in [2.45, 2.75) is 37.1 Å². The Morgan fingerprint density at radius 1 is 0.969 bits per heavy atom. The van der Waals surface area contributed by atoms with Crippen molar-refractivity contribution < 1.29 is 0 Å². The smallest absolute Gasteiger partial charge is 0.165 e. The fourth-order valence-corrected chi connectivity index (χ4v) is 4.80. The molecule has 5 rings (SSSR count). The molecule has 3 aromatic rings. The first kappa shape index (κ1) is 26.7. The maximum Gasteiger partial charge on any atom is 0.165 e. The van der Waals surface area contributed by atoms with E-state index in [4.69, 9.17) is 17.3 Å². The van der Waals surface area contributed by atoms with Gasteiger partial charge in [0.1, 0.15) is 5.82 Å². The molecule has 174 valence electrons. The average molecular weight is 517 g/mol. The minimum Gasteiger partial charge on any atom is -0.371 e. The summed E-state index contributed by atoms with van der Waals surface area (Å²) in [5, 5.41) is 9.84. The Morgan fingerprint density at radius 2 is 1.62 bits per heavy atom. The number of piperidine rings is 1. The second-order valence-corrected chi connectivity index (χ2v) is 8.75. The van der Waals surface area contributed by atoms with Crippen LogP contribution in [-0.2, 0) is 12.5 Å². The maximum absolute atomic E-state index is 6.71. The van der Waals surface area contributed by atoms with Crippen molar-refractivity contribution in [3.05, 3.63) is 64.9 Å². The first-order valence-corrected chi connectivity index (χ1v) is 10.7. The number of halogens is 4. The summed E-state index contributed by atoms with van der Waals surface area (Å²) < 4.78 is 2.11. The SMILES string of the molecule is Cl.Cl.Cl.Cn1c(-c2ccc(N3CCC(N)CC3)cc2Cl)nnc1C1(c2ccccc2)CC1. The molecule has 0 unspecified atom stereocenters. The van der Waals surface area contributed by atoms with E-state index in [1.807, 2.05) is 13.1 Å². The van der Waals surface area contributed by atoms with Crippen molar-refractivity contribution in [3.8, 4) is 11.4 Å². The van der Waals surface area contributed by atoms with E-state index in [-0.39, 0.29) is 42.6 Å². The first-order chi connectivity index (χ1) is 14.1. The maximum atomic E-state index is 6.71. The van der Waals surface area contributed by atoms with Gasteiger partial charge >= 0.3 is 0 Å². The van der Waals surface area contributed by atoms with Gasteiger partial charge in [-0.15, -0.1) is 47.4 Å². The van der Waals surface area contributed by atoms with E-state index < -0.39 is 0 Å². The van der Waals surface area contributed by atoms with E-state index in [0.717, 1.165) is 61.7 Å². The number of anilines is 1. The van der Waals surface area contributed by atoms with Crippen molar-refractivity contribution in [1.29, 1.82) is 0 Å². The molecule has 1 saturated carbocycles.